The molecule has 0 bridgehead atoms. The molecule has 0 spiro atoms. The minimum Gasteiger partial charge on any atom is -0.394 e. The van der Waals surface area contributed by atoms with Crippen molar-refractivity contribution in [1.82, 2.24) is 0 Å². The fraction of sp³-hybridized carbons (Fsp3) is 0.222. The van der Waals surface area contributed by atoms with Crippen LogP contribution in [0.25, 0.3) is 0 Å². The van der Waals surface area contributed by atoms with Gasteiger partial charge in [-0.3, -0.25) is 10.1 Å². The molecule has 1 aromatic carbocycles. The van der Waals surface area contributed by atoms with Gasteiger partial charge in [0.1, 0.15) is 0 Å². The summed E-state index contributed by atoms with van der Waals surface area (Å²) in [5, 5.41) is 10.2. The van der Waals surface area contributed by atoms with Crippen molar-refractivity contribution in [3.05, 3.63) is 46.0 Å². The van der Waals surface area contributed by atoms with Crippen LogP contribution in [-0.2, 0) is 4.74 Å². The molecular weight excluding hydrogens is 186 g/mol. The summed E-state index contributed by atoms with van der Waals surface area (Å²) >= 11 is 0. The van der Waals surface area contributed by atoms with E-state index in [-0.39, 0.29) is 0 Å². The Morgan fingerprint density at radius 2 is 2.00 bits per heavy atom. The second-order valence-electron chi connectivity index (χ2n) is 2.66. The Morgan fingerprint density at radius 1 is 1.43 bits per heavy atom. The maximum absolute atomic E-state index is 11.2. The van der Waals surface area contributed by atoms with E-state index >= 15 is 0 Å². The van der Waals surface area contributed by atoms with Crippen molar-refractivity contribution in [3.63, 3.8) is 0 Å². The van der Waals surface area contributed by atoms with E-state index in [0.29, 0.717) is 5.56 Å². The number of rotatable bonds is 3. The predicted octanol–water partition coefficient (Wildman–Crippen LogP) is 1.47. The van der Waals surface area contributed by atoms with Gasteiger partial charge < -0.3 is 4.74 Å². The zero-order chi connectivity index (χ0) is 10.6. The molecule has 5 nitrogen and oxygen atoms in total. The third-order valence-corrected chi connectivity index (χ3v) is 1.58. The summed E-state index contributed by atoms with van der Waals surface area (Å²) in [4.78, 5) is 20.8. The Morgan fingerprint density at radius 3 is 2.50 bits per heavy atom. The summed E-state index contributed by atoms with van der Waals surface area (Å²) in [5.41, 5.74) is 0.307. The second-order valence-corrected chi connectivity index (χ2v) is 2.66. The molecular formula is C9H9NO4. The van der Waals surface area contributed by atoms with Gasteiger partial charge >= 0.3 is 12.2 Å². The van der Waals surface area contributed by atoms with Crippen LogP contribution in [0.1, 0.15) is 17.3 Å². The number of nitrogens with zero attached hydrogens (tertiary/aromatic N) is 1. The lowest BCUT2D eigenvalue weighted by atomic mass is 10.2. The first-order chi connectivity index (χ1) is 6.61. The van der Waals surface area contributed by atoms with Crippen LogP contribution in [0.5, 0.6) is 0 Å². The van der Waals surface area contributed by atoms with E-state index in [0.717, 1.165) is 0 Å². The molecule has 0 N–H and O–H groups in total. The Bertz CT molecular complexity index is 336. The topological polar surface area (TPSA) is 69.4 Å². The Labute approximate surface area is 80.5 Å². The summed E-state index contributed by atoms with van der Waals surface area (Å²) in [6.07, 6.45) is -1.32. The highest BCUT2D eigenvalue weighted by Crippen LogP contribution is 2.03. The molecule has 74 valence electrons. The van der Waals surface area contributed by atoms with Crippen LogP contribution in [0.2, 0.25) is 0 Å². The number of carbonyl (C=O) groups is 1. The number of ether oxygens (including phenoxy) is 1. The number of benzene rings is 1. The molecule has 0 aromatic heterocycles. The lowest BCUT2D eigenvalue weighted by Gasteiger charge is -2.05. The molecule has 0 fully saturated rings. The fourth-order valence-corrected chi connectivity index (χ4v) is 0.840. The van der Waals surface area contributed by atoms with Crippen LogP contribution < -0.4 is 0 Å². The standard InChI is InChI=1S/C9H9NO4/c1-7(10(12)13)14-9(11)8-5-3-2-4-6-8/h2-7H,1H3. The van der Waals surface area contributed by atoms with Crippen molar-refractivity contribution in [2.75, 3.05) is 0 Å². The molecule has 0 aliphatic heterocycles. The number of hydrogen-bond donors (Lipinski definition) is 0. The molecule has 1 rings (SSSR count). The van der Waals surface area contributed by atoms with Gasteiger partial charge in [0.05, 0.1) is 10.5 Å². The van der Waals surface area contributed by atoms with E-state index in [4.69, 9.17) is 0 Å². The lowest BCUT2D eigenvalue weighted by Crippen LogP contribution is -2.22. The van der Waals surface area contributed by atoms with Crippen molar-refractivity contribution < 1.29 is 14.5 Å². The van der Waals surface area contributed by atoms with Crippen molar-refractivity contribution >= 4 is 5.97 Å². The van der Waals surface area contributed by atoms with Crippen LogP contribution in [0.15, 0.2) is 30.3 Å². The monoisotopic (exact) mass is 195 g/mol. The zero-order valence-electron chi connectivity index (χ0n) is 7.54. The zero-order valence-corrected chi connectivity index (χ0v) is 7.54. The Hall–Kier alpha value is -1.91. The van der Waals surface area contributed by atoms with E-state index in [1.165, 1.54) is 19.1 Å². The van der Waals surface area contributed by atoms with E-state index in [1.807, 2.05) is 0 Å². The van der Waals surface area contributed by atoms with E-state index in [2.05, 4.69) is 4.74 Å². The van der Waals surface area contributed by atoms with Gasteiger partial charge in [-0.15, -0.1) is 0 Å². The van der Waals surface area contributed by atoms with Gasteiger partial charge in [-0.05, 0) is 12.1 Å². The van der Waals surface area contributed by atoms with Gasteiger partial charge in [0.15, 0.2) is 0 Å². The van der Waals surface area contributed by atoms with E-state index in [1.54, 1.807) is 18.2 Å². The first-order valence-electron chi connectivity index (χ1n) is 4.01. The summed E-state index contributed by atoms with van der Waals surface area (Å²) in [6.45, 7) is 1.21. The molecule has 0 heterocycles. The summed E-state index contributed by atoms with van der Waals surface area (Å²) in [7, 11) is 0. The molecule has 0 aliphatic carbocycles. The Balaban J connectivity index is 2.64. The SMILES string of the molecule is CC(OC(=O)c1ccccc1)[N+](=O)[O-]. The first-order valence-corrected chi connectivity index (χ1v) is 4.01. The number of carbonyl (C=O) groups excluding carboxylic acids is 1. The molecule has 1 unspecified atom stereocenters. The van der Waals surface area contributed by atoms with E-state index < -0.39 is 17.1 Å². The normalized spacial score (nSPS) is 11.8. The van der Waals surface area contributed by atoms with Crippen molar-refractivity contribution in [3.8, 4) is 0 Å². The van der Waals surface area contributed by atoms with Gasteiger partial charge in [0.25, 0.3) is 0 Å². The highest BCUT2D eigenvalue weighted by Gasteiger charge is 2.18. The van der Waals surface area contributed by atoms with Gasteiger partial charge in [0.2, 0.25) is 0 Å². The molecule has 1 atom stereocenters. The number of esters is 1. The van der Waals surface area contributed by atoms with E-state index in [9.17, 15) is 14.9 Å². The van der Waals surface area contributed by atoms with Crippen molar-refractivity contribution in [2.45, 2.75) is 13.2 Å². The van der Waals surface area contributed by atoms with Gasteiger partial charge in [-0.1, -0.05) is 18.2 Å². The first kappa shape index (κ1) is 10.2. The minimum atomic E-state index is -1.32. The predicted molar refractivity (Wildman–Crippen MR) is 48.3 cm³/mol. The van der Waals surface area contributed by atoms with Crippen molar-refractivity contribution in [1.29, 1.82) is 0 Å². The second kappa shape index (κ2) is 4.36. The third-order valence-electron chi connectivity index (χ3n) is 1.58. The molecule has 0 radical (unpaired) electrons. The largest absolute Gasteiger partial charge is 0.394 e. The van der Waals surface area contributed by atoms with Crippen LogP contribution in [-0.4, -0.2) is 17.1 Å². The molecule has 0 amide bonds. The van der Waals surface area contributed by atoms with Crippen LogP contribution >= 0.6 is 0 Å². The lowest BCUT2D eigenvalue weighted by molar-refractivity contribution is -0.561. The summed E-state index contributed by atoms with van der Waals surface area (Å²) in [5.74, 6) is -0.685. The molecule has 5 heteroatoms. The van der Waals surface area contributed by atoms with Crippen LogP contribution in [0.4, 0.5) is 0 Å². The molecule has 1 aromatic rings. The molecule has 14 heavy (non-hydrogen) atoms. The smallest absolute Gasteiger partial charge is 0.353 e. The maximum atomic E-state index is 11.2. The third kappa shape index (κ3) is 2.55. The Kier molecular flexibility index (Phi) is 3.17. The number of nitro groups is 1. The average molecular weight is 195 g/mol. The van der Waals surface area contributed by atoms with Gasteiger partial charge in [0, 0.05) is 6.92 Å². The highest BCUT2D eigenvalue weighted by molar-refractivity contribution is 5.89. The highest BCUT2D eigenvalue weighted by atomic mass is 16.7. The van der Waals surface area contributed by atoms with Crippen LogP contribution in [0.3, 0.4) is 0 Å². The average Bonchev–Trinajstić information content (AvgIpc) is 2.19. The van der Waals surface area contributed by atoms with Crippen LogP contribution in [0, 0.1) is 10.1 Å². The van der Waals surface area contributed by atoms with Gasteiger partial charge in [-0.2, -0.15) is 0 Å². The molecule has 0 aliphatic rings. The number of hydrogen-bond acceptors (Lipinski definition) is 4. The summed E-state index contributed by atoms with van der Waals surface area (Å²) < 4.78 is 4.56. The minimum absolute atomic E-state index is 0.307. The quantitative estimate of drug-likeness (QED) is 0.317. The summed E-state index contributed by atoms with van der Waals surface area (Å²) in [6, 6.07) is 8.14. The maximum Gasteiger partial charge on any atom is 0.353 e. The van der Waals surface area contributed by atoms with Crippen molar-refractivity contribution in [2.24, 2.45) is 0 Å². The van der Waals surface area contributed by atoms with Gasteiger partial charge in [-0.25, -0.2) is 4.79 Å². The molecule has 0 saturated carbocycles. The fourth-order valence-electron chi connectivity index (χ4n) is 0.840. The molecule has 0 saturated heterocycles.